The number of halogens is 1. The van der Waals surface area contributed by atoms with E-state index in [1.165, 1.54) is 0 Å². The Morgan fingerprint density at radius 1 is 1.35 bits per heavy atom. The van der Waals surface area contributed by atoms with Gasteiger partial charge in [-0.15, -0.1) is 0 Å². The molecule has 1 spiro atoms. The van der Waals surface area contributed by atoms with Crippen molar-refractivity contribution in [1.82, 2.24) is 4.31 Å². The van der Waals surface area contributed by atoms with Crippen LogP contribution in [0.25, 0.3) is 0 Å². The number of ether oxygens (including phenoxy) is 2. The quantitative estimate of drug-likeness (QED) is 0.776. The van der Waals surface area contributed by atoms with Crippen LogP contribution in [-0.4, -0.2) is 44.6 Å². The van der Waals surface area contributed by atoms with E-state index < -0.39 is 10.0 Å². The van der Waals surface area contributed by atoms with Gasteiger partial charge in [0.05, 0.1) is 18.8 Å². The summed E-state index contributed by atoms with van der Waals surface area (Å²) in [4.78, 5) is 0.226. The topological polar surface area (TPSA) is 55.8 Å². The largest absolute Gasteiger partial charge is 0.492 e. The molecule has 0 amide bonds. The van der Waals surface area contributed by atoms with Crippen LogP contribution in [0, 0.1) is 6.42 Å². The minimum absolute atomic E-state index is 0.147. The molecule has 2 aliphatic heterocycles. The van der Waals surface area contributed by atoms with Gasteiger partial charge in [0, 0.05) is 17.6 Å². The summed E-state index contributed by atoms with van der Waals surface area (Å²) in [6.45, 7) is 3.91. The predicted molar refractivity (Wildman–Crippen MR) is 90.9 cm³/mol. The van der Waals surface area contributed by atoms with Gasteiger partial charge in [0.1, 0.15) is 10.6 Å². The van der Waals surface area contributed by atoms with Gasteiger partial charge in [-0.2, -0.15) is 4.31 Å². The maximum absolute atomic E-state index is 13.0. The third kappa shape index (κ3) is 3.43. The Morgan fingerprint density at radius 2 is 2.09 bits per heavy atom. The first-order valence-electron chi connectivity index (χ1n) is 7.85. The van der Waals surface area contributed by atoms with Crippen LogP contribution in [0.3, 0.4) is 0 Å². The normalized spacial score (nSPS) is 21.7. The summed E-state index contributed by atoms with van der Waals surface area (Å²) >= 11 is 3.35. The first kappa shape index (κ1) is 17.2. The number of nitrogens with zero attached hydrogens (tertiary/aromatic N) is 1. The molecule has 1 aromatic carbocycles. The number of hydrogen-bond donors (Lipinski definition) is 0. The fraction of sp³-hybridized carbons (Fsp3) is 0.562. The van der Waals surface area contributed by atoms with Gasteiger partial charge in [-0.05, 0) is 50.8 Å². The zero-order chi connectivity index (χ0) is 16.5. The molecular weight excluding hydrogens is 382 g/mol. The molecule has 2 fully saturated rings. The fourth-order valence-corrected chi connectivity index (χ4v) is 5.31. The third-order valence-electron chi connectivity index (χ3n) is 4.48. The maximum atomic E-state index is 13.0. The Kier molecular flexibility index (Phi) is 5.01. The van der Waals surface area contributed by atoms with Crippen molar-refractivity contribution in [2.24, 2.45) is 0 Å². The second kappa shape index (κ2) is 6.70. The molecule has 0 aromatic heterocycles. The smallest absolute Gasteiger partial charge is 0.246 e. The molecule has 3 rings (SSSR count). The van der Waals surface area contributed by atoms with E-state index in [0.29, 0.717) is 32.1 Å². The molecule has 1 radical (unpaired) electrons. The average Bonchev–Trinajstić information content (AvgIpc) is 2.98. The molecule has 127 valence electrons. The van der Waals surface area contributed by atoms with E-state index in [0.717, 1.165) is 23.7 Å². The Morgan fingerprint density at radius 3 is 2.70 bits per heavy atom. The highest BCUT2D eigenvalue weighted by Gasteiger charge is 2.42. The van der Waals surface area contributed by atoms with Crippen molar-refractivity contribution in [3.63, 3.8) is 0 Å². The molecule has 0 N–H and O–H groups in total. The van der Waals surface area contributed by atoms with E-state index in [-0.39, 0.29) is 10.5 Å². The van der Waals surface area contributed by atoms with Crippen LogP contribution in [0.15, 0.2) is 27.6 Å². The Labute approximate surface area is 146 Å². The SMILES string of the molecule is CCOc1ccc(Br)cc1S(=O)(=O)N1CCC2(C[CH]CO2)CC1. The van der Waals surface area contributed by atoms with Crippen LogP contribution in [0.5, 0.6) is 5.75 Å². The second-order valence-electron chi connectivity index (χ2n) is 5.91. The highest BCUT2D eigenvalue weighted by atomic mass is 79.9. The van der Waals surface area contributed by atoms with Gasteiger partial charge >= 0.3 is 0 Å². The van der Waals surface area contributed by atoms with E-state index in [9.17, 15) is 8.42 Å². The van der Waals surface area contributed by atoms with Crippen LogP contribution in [0.4, 0.5) is 0 Å². The molecule has 0 atom stereocenters. The standard InChI is InChI=1S/C16H21BrNO4S/c1-2-21-14-5-4-13(17)12-15(14)23(19,20)18-9-7-16(8-10-18)6-3-11-22-16/h3-5,12H,2,6-11H2,1H3. The lowest BCUT2D eigenvalue weighted by molar-refractivity contribution is -0.0306. The van der Waals surface area contributed by atoms with Crippen LogP contribution in [-0.2, 0) is 14.8 Å². The van der Waals surface area contributed by atoms with Crippen LogP contribution in [0.1, 0.15) is 26.2 Å². The molecule has 7 heteroatoms. The van der Waals surface area contributed by atoms with Gasteiger partial charge in [0.25, 0.3) is 0 Å². The van der Waals surface area contributed by atoms with Crippen molar-refractivity contribution in [2.75, 3.05) is 26.3 Å². The maximum Gasteiger partial charge on any atom is 0.246 e. The Balaban J connectivity index is 1.83. The van der Waals surface area contributed by atoms with Gasteiger partial charge < -0.3 is 9.47 Å². The molecule has 0 bridgehead atoms. The van der Waals surface area contributed by atoms with E-state index in [4.69, 9.17) is 9.47 Å². The zero-order valence-corrected chi connectivity index (χ0v) is 15.5. The Bertz CT molecular complexity index is 661. The van der Waals surface area contributed by atoms with E-state index in [2.05, 4.69) is 22.4 Å². The summed E-state index contributed by atoms with van der Waals surface area (Å²) < 4.78 is 39.6. The fourth-order valence-electron chi connectivity index (χ4n) is 3.20. The zero-order valence-electron chi connectivity index (χ0n) is 13.1. The van der Waals surface area contributed by atoms with Crippen LogP contribution >= 0.6 is 15.9 Å². The van der Waals surface area contributed by atoms with E-state index in [1.54, 1.807) is 22.5 Å². The molecule has 0 saturated carbocycles. The minimum atomic E-state index is -3.57. The first-order valence-corrected chi connectivity index (χ1v) is 10.1. The number of piperidine rings is 1. The summed E-state index contributed by atoms with van der Waals surface area (Å²) in [7, 11) is -3.57. The van der Waals surface area contributed by atoms with Gasteiger partial charge in [-0.3, -0.25) is 0 Å². The molecule has 2 heterocycles. The molecule has 0 unspecified atom stereocenters. The third-order valence-corrected chi connectivity index (χ3v) is 6.89. The molecule has 1 aromatic rings. The number of benzene rings is 1. The van der Waals surface area contributed by atoms with Crippen molar-refractivity contribution in [1.29, 1.82) is 0 Å². The molecule has 0 aliphatic carbocycles. The van der Waals surface area contributed by atoms with Crippen LogP contribution < -0.4 is 4.74 Å². The summed E-state index contributed by atoms with van der Waals surface area (Å²) in [5.74, 6) is 0.404. The number of sulfonamides is 1. The van der Waals surface area contributed by atoms with Crippen molar-refractivity contribution >= 4 is 26.0 Å². The van der Waals surface area contributed by atoms with Crippen molar-refractivity contribution in [2.45, 2.75) is 36.7 Å². The summed E-state index contributed by atoms with van der Waals surface area (Å²) in [6, 6.07) is 5.10. The summed E-state index contributed by atoms with van der Waals surface area (Å²) in [5, 5.41) is 0. The lowest BCUT2D eigenvalue weighted by atomic mass is 9.90. The highest BCUT2D eigenvalue weighted by Crippen LogP contribution is 2.38. The monoisotopic (exact) mass is 402 g/mol. The Hall–Kier alpha value is -0.630. The summed E-state index contributed by atoms with van der Waals surface area (Å²) in [6.07, 6.45) is 4.52. The van der Waals surface area contributed by atoms with Crippen molar-refractivity contribution < 1.29 is 17.9 Å². The molecular formula is C16H21BrNO4S. The predicted octanol–water partition coefficient (Wildman–Crippen LogP) is 3.00. The summed E-state index contributed by atoms with van der Waals surface area (Å²) in [5.41, 5.74) is -0.147. The van der Waals surface area contributed by atoms with Crippen molar-refractivity contribution in [3.8, 4) is 5.75 Å². The molecule has 5 nitrogen and oxygen atoms in total. The van der Waals surface area contributed by atoms with Crippen LogP contribution in [0.2, 0.25) is 0 Å². The lowest BCUT2D eigenvalue weighted by Crippen LogP contribution is -2.46. The van der Waals surface area contributed by atoms with E-state index in [1.807, 2.05) is 6.92 Å². The van der Waals surface area contributed by atoms with Gasteiger partial charge in [-0.25, -0.2) is 8.42 Å². The second-order valence-corrected chi connectivity index (χ2v) is 8.74. The molecule has 23 heavy (non-hydrogen) atoms. The van der Waals surface area contributed by atoms with E-state index >= 15 is 0 Å². The minimum Gasteiger partial charge on any atom is -0.492 e. The number of hydrogen-bond acceptors (Lipinski definition) is 4. The molecule has 2 aliphatic rings. The lowest BCUT2D eigenvalue weighted by Gasteiger charge is -2.38. The first-order chi connectivity index (χ1) is 11.0. The van der Waals surface area contributed by atoms with Gasteiger partial charge in [0.2, 0.25) is 10.0 Å². The van der Waals surface area contributed by atoms with Crippen molar-refractivity contribution in [3.05, 3.63) is 29.1 Å². The van der Waals surface area contributed by atoms with Gasteiger partial charge in [0.15, 0.2) is 0 Å². The average molecular weight is 403 g/mol. The molecule has 2 saturated heterocycles. The number of rotatable bonds is 4. The highest BCUT2D eigenvalue weighted by molar-refractivity contribution is 9.10. The van der Waals surface area contributed by atoms with Gasteiger partial charge in [-0.1, -0.05) is 15.9 Å².